The van der Waals surface area contributed by atoms with Crippen molar-refractivity contribution in [1.29, 1.82) is 0 Å². The quantitative estimate of drug-likeness (QED) is 0.713. The fourth-order valence-corrected chi connectivity index (χ4v) is 1.12. The summed E-state index contributed by atoms with van der Waals surface area (Å²) in [6.45, 7) is -0.271. The Kier molecular flexibility index (Phi) is 4.27. The number of halogens is 1. The van der Waals surface area contributed by atoms with Gasteiger partial charge in [0.2, 0.25) is 5.91 Å². The number of methoxy groups -OCH3 is 1. The summed E-state index contributed by atoms with van der Waals surface area (Å²) in [7, 11) is 1.44. The Bertz CT molecular complexity index is 437. The molecule has 4 N–H and O–H groups in total. The maximum absolute atomic E-state index is 13.3. The van der Waals surface area contributed by atoms with Crippen LogP contribution in [0.25, 0.3) is 0 Å². The zero-order valence-electron chi connectivity index (χ0n) is 9.12. The van der Waals surface area contributed by atoms with Crippen LogP contribution >= 0.6 is 0 Å². The molecule has 0 aliphatic carbocycles. The van der Waals surface area contributed by atoms with E-state index in [4.69, 9.17) is 10.5 Å². The second kappa shape index (κ2) is 5.69. The number of amides is 3. The van der Waals surface area contributed by atoms with E-state index in [2.05, 4.69) is 5.32 Å². The summed E-state index contributed by atoms with van der Waals surface area (Å²) in [5.41, 5.74) is 4.85. The third-order valence-corrected chi connectivity index (χ3v) is 1.88. The third kappa shape index (κ3) is 3.98. The molecule has 1 aromatic rings. The molecule has 0 spiro atoms. The van der Waals surface area contributed by atoms with Crippen LogP contribution in [-0.2, 0) is 4.79 Å². The monoisotopic (exact) mass is 241 g/mol. The fourth-order valence-electron chi connectivity index (χ4n) is 1.12. The molecule has 3 amide bonds. The number of carbonyl (C=O) groups excluding carboxylic acids is 2. The van der Waals surface area contributed by atoms with Crippen LogP contribution in [0.5, 0.6) is 5.75 Å². The number of hydrogen-bond donors (Lipinski definition) is 3. The summed E-state index contributed by atoms with van der Waals surface area (Å²) in [5.74, 6) is -0.735. The van der Waals surface area contributed by atoms with Crippen molar-refractivity contribution in [2.45, 2.75) is 0 Å². The Balaban J connectivity index is 2.62. The molecule has 6 nitrogen and oxygen atoms in total. The molecule has 0 fully saturated rings. The van der Waals surface area contributed by atoms with Crippen LogP contribution in [0.1, 0.15) is 0 Å². The van der Waals surface area contributed by atoms with Crippen molar-refractivity contribution in [1.82, 2.24) is 5.32 Å². The molecule has 0 bridgehead atoms. The summed E-state index contributed by atoms with van der Waals surface area (Å²) < 4.78 is 18.2. The zero-order chi connectivity index (χ0) is 12.8. The molecular weight excluding hydrogens is 229 g/mol. The predicted molar refractivity (Wildman–Crippen MR) is 59.2 cm³/mol. The minimum Gasteiger partial charge on any atom is -0.497 e. The first-order valence-corrected chi connectivity index (χ1v) is 4.69. The molecule has 1 rings (SSSR count). The van der Waals surface area contributed by atoms with Gasteiger partial charge in [0.15, 0.2) is 0 Å². The second-order valence-corrected chi connectivity index (χ2v) is 3.11. The SMILES string of the molecule is COc1ccc(F)c(NCC(=O)NC(N)=O)c1. The summed E-state index contributed by atoms with van der Waals surface area (Å²) in [5, 5.41) is 4.36. The molecule has 1 aromatic carbocycles. The normalized spacial score (nSPS) is 9.53. The molecule has 0 aromatic heterocycles. The van der Waals surface area contributed by atoms with Gasteiger partial charge in [-0.05, 0) is 12.1 Å². The van der Waals surface area contributed by atoms with Gasteiger partial charge in [-0.25, -0.2) is 9.18 Å². The topological polar surface area (TPSA) is 93.4 Å². The Labute approximate surface area is 96.9 Å². The van der Waals surface area contributed by atoms with Gasteiger partial charge in [0.1, 0.15) is 11.6 Å². The van der Waals surface area contributed by atoms with E-state index in [1.54, 1.807) is 0 Å². The van der Waals surface area contributed by atoms with Crippen molar-refractivity contribution < 1.29 is 18.7 Å². The zero-order valence-corrected chi connectivity index (χ0v) is 9.12. The highest BCUT2D eigenvalue weighted by Gasteiger charge is 2.07. The van der Waals surface area contributed by atoms with Crippen molar-refractivity contribution in [3.63, 3.8) is 0 Å². The minimum atomic E-state index is -0.956. The largest absolute Gasteiger partial charge is 0.497 e. The average Bonchev–Trinajstić information content (AvgIpc) is 2.27. The molecule has 0 saturated carbocycles. The summed E-state index contributed by atoms with van der Waals surface area (Å²) in [4.78, 5) is 21.4. The van der Waals surface area contributed by atoms with Gasteiger partial charge in [-0.1, -0.05) is 0 Å². The van der Waals surface area contributed by atoms with Gasteiger partial charge in [-0.15, -0.1) is 0 Å². The van der Waals surface area contributed by atoms with Crippen LogP contribution in [0.15, 0.2) is 18.2 Å². The van der Waals surface area contributed by atoms with E-state index in [-0.39, 0.29) is 12.2 Å². The molecule has 0 aliphatic rings. The predicted octanol–water partition coefficient (Wildman–Crippen LogP) is 0.441. The fraction of sp³-hybridized carbons (Fsp3) is 0.200. The number of nitrogens with two attached hydrogens (primary N) is 1. The molecule has 92 valence electrons. The van der Waals surface area contributed by atoms with Gasteiger partial charge in [-0.3, -0.25) is 10.1 Å². The molecular formula is C10H12FN3O3. The van der Waals surface area contributed by atoms with E-state index in [9.17, 15) is 14.0 Å². The number of carbonyl (C=O) groups is 2. The lowest BCUT2D eigenvalue weighted by atomic mass is 10.3. The smallest absolute Gasteiger partial charge is 0.318 e. The molecule has 0 heterocycles. The van der Waals surface area contributed by atoms with Crippen LogP contribution in [0, 0.1) is 5.82 Å². The Morgan fingerprint density at radius 3 is 2.76 bits per heavy atom. The van der Waals surface area contributed by atoms with Gasteiger partial charge >= 0.3 is 6.03 Å². The number of anilines is 1. The molecule has 0 atom stereocenters. The third-order valence-electron chi connectivity index (χ3n) is 1.88. The number of urea groups is 1. The van der Waals surface area contributed by atoms with E-state index in [1.807, 2.05) is 5.32 Å². The van der Waals surface area contributed by atoms with Crippen molar-refractivity contribution >= 4 is 17.6 Å². The first kappa shape index (κ1) is 12.8. The number of ether oxygens (including phenoxy) is 1. The lowest BCUT2D eigenvalue weighted by Crippen LogP contribution is -2.38. The van der Waals surface area contributed by atoms with Crippen molar-refractivity contribution in [3.05, 3.63) is 24.0 Å². The van der Waals surface area contributed by atoms with Gasteiger partial charge in [-0.2, -0.15) is 0 Å². The maximum Gasteiger partial charge on any atom is 0.318 e. The van der Waals surface area contributed by atoms with Crippen LogP contribution in [0.3, 0.4) is 0 Å². The Morgan fingerprint density at radius 2 is 2.18 bits per heavy atom. The van der Waals surface area contributed by atoms with Crippen molar-refractivity contribution in [2.75, 3.05) is 19.0 Å². The van der Waals surface area contributed by atoms with E-state index < -0.39 is 17.8 Å². The standard InChI is InChI=1S/C10H12FN3O3/c1-17-6-2-3-7(11)8(4-6)13-5-9(15)14-10(12)16/h2-4,13H,5H2,1H3,(H3,12,14,15,16). The Hall–Kier alpha value is -2.31. The number of rotatable bonds is 4. The highest BCUT2D eigenvalue weighted by molar-refractivity contribution is 5.95. The van der Waals surface area contributed by atoms with Crippen LogP contribution in [-0.4, -0.2) is 25.6 Å². The average molecular weight is 241 g/mol. The Morgan fingerprint density at radius 1 is 1.47 bits per heavy atom. The van der Waals surface area contributed by atoms with Crippen molar-refractivity contribution in [2.24, 2.45) is 5.73 Å². The summed E-state index contributed by atoms with van der Waals surface area (Å²) in [6.07, 6.45) is 0. The summed E-state index contributed by atoms with van der Waals surface area (Å²) >= 11 is 0. The maximum atomic E-state index is 13.3. The van der Waals surface area contributed by atoms with E-state index in [0.717, 1.165) is 0 Å². The molecule has 0 saturated heterocycles. The number of imide groups is 1. The van der Waals surface area contributed by atoms with Gasteiger partial charge in [0.05, 0.1) is 19.3 Å². The number of benzene rings is 1. The molecule has 0 radical (unpaired) electrons. The van der Waals surface area contributed by atoms with E-state index >= 15 is 0 Å². The van der Waals surface area contributed by atoms with Crippen LogP contribution < -0.4 is 21.1 Å². The van der Waals surface area contributed by atoms with Crippen LogP contribution in [0.2, 0.25) is 0 Å². The lowest BCUT2D eigenvalue weighted by Gasteiger charge is -2.08. The van der Waals surface area contributed by atoms with Crippen LogP contribution in [0.4, 0.5) is 14.9 Å². The highest BCUT2D eigenvalue weighted by atomic mass is 19.1. The van der Waals surface area contributed by atoms with Gasteiger partial charge in [0.25, 0.3) is 0 Å². The molecule has 7 heteroatoms. The first-order valence-electron chi connectivity index (χ1n) is 4.69. The highest BCUT2D eigenvalue weighted by Crippen LogP contribution is 2.20. The van der Waals surface area contributed by atoms with Crippen molar-refractivity contribution in [3.8, 4) is 5.75 Å². The second-order valence-electron chi connectivity index (χ2n) is 3.11. The molecule has 17 heavy (non-hydrogen) atoms. The lowest BCUT2D eigenvalue weighted by molar-refractivity contribution is -0.118. The number of primary amides is 1. The molecule has 0 aliphatic heterocycles. The van der Waals surface area contributed by atoms with Gasteiger partial charge < -0.3 is 15.8 Å². The number of nitrogens with one attached hydrogen (secondary N) is 2. The van der Waals surface area contributed by atoms with Gasteiger partial charge in [0, 0.05) is 6.07 Å². The van der Waals surface area contributed by atoms with E-state index in [1.165, 1.54) is 25.3 Å². The molecule has 0 unspecified atom stereocenters. The first-order chi connectivity index (χ1) is 8.02. The summed E-state index contributed by atoms with van der Waals surface area (Å²) in [6, 6.07) is 3.09. The number of hydrogen-bond acceptors (Lipinski definition) is 4. The minimum absolute atomic E-state index is 0.101. The van der Waals surface area contributed by atoms with E-state index in [0.29, 0.717) is 5.75 Å².